The van der Waals surface area contributed by atoms with Crippen molar-refractivity contribution < 1.29 is 0 Å². The molecular formula is C13H19BrN2. The molecule has 1 N–H and O–H groups in total. The van der Waals surface area contributed by atoms with Crippen molar-refractivity contribution in [2.45, 2.75) is 32.4 Å². The second-order valence-electron chi connectivity index (χ2n) is 4.49. The Labute approximate surface area is 106 Å². The second-order valence-corrected chi connectivity index (χ2v) is 5.35. The van der Waals surface area contributed by atoms with E-state index in [-0.39, 0.29) is 0 Å². The molecule has 0 aromatic heterocycles. The van der Waals surface area contributed by atoms with Crippen LogP contribution in [-0.2, 0) is 6.54 Å². The van der Waals surface area contributed by atoms with E-state index in [2.05, 4.69) is 51.3 Å². The van der Waals surface area contributed by atoms with Crippen LogP contribution in [0.1, 0.15) is 25.3 Å². The number of benzene rings is 1. The number of rotatable bonds is 3. The third-order valence-electron chi connectivity index (χ3n) is 3.29. The van der Waals surface area contributed by atoms with Crippen molar-refractivity contribution in [3.05, 3.63) is 28.2 Å². The molecule has 0 bridgehead atoms. The lowest BCUT2D eigenvalue weighted by Gasteiger charge is -2.24. The van der Waals surface area contributed by atoms with Crippen LogP contribution >= 0.6 is 15.9 Å². The van der Waals surface area contributed by atoms with Crippen molar-refractivity contribution >= 4 is 21.6 Å². The molecule has 0 aliphatic carbocycles. The monoisotopic (exact) mass is 282 g/mol. The first kappa shape index (κ1) is 11.9. The highest BCUT2D eigenvalue weighted by Gasteiger charge is 2.20. The van der Waals surface area contributed by atoms with Crippen molar-refractivity contribution in [3.63, 3.8) is 0 Å². The Morgan fingerprint density at radius 3 is 2.88 bits per heavy atom. The minimum atomic E-state index is 0.682. The molecule has 0 spiro atoms. The van der Waals surface area contributed by atoms with E-state index in [1.807, 2.05) is 7.05 Å². The van der Waals surface area contributed by atoms with Crippen LogP contribution in [0.3, 0.4) is 0 Å². The molecule has 0 radical (unpaired) electrons. The lowest BCUT2D eigenvalue weighted by Crippen LogP contribution is -2.26. The van der Waals surface area contributed by atoms with Gasteiger partial charge in [0.2, 0.25) is 0 Å². The van der Waals surface area contributed by atoms with E-state index in [4.69, 9.17) is 0 Å². The molecule has 0 saturated carbocycles. The minimum Gasteiger partial charge on any atom is -0.369 e. The molecule has 2 nitrogen and oxygen atoms in total. The van der Waals surface area contributed by atoms with Gasteiger partial charge in [0.1, 0.15) is 0 Å². The topological polar surface area (TPSA) is 15.3 Å². The second kappa shape index (κ2) is 5.19. The van der Waals surface area contributed by atoms with E-state index in [0.29, 0.717) is 6.04 Å². The number of nitrogens with one attached hydrogen (secondary N) is 1. The van der Waals surface area contributed by atoms with Crippen LogP contribution in [0.2, 0.25) is 0 Å². The van der Waals surface area contributed by atoms with Crippen LogP contribution in [-0.4, -0.2) is 19.6 Å². The van der Waals surface area contributed by atoms with Gasteiger partial charge >= 0.3 is 0 Å². The molecule has 1 aliphatic heterocycles. The number of nitrogens with zero attached hydrogens (tertiary/aromatic N) is 1. The standard InChI is InChI=1S/C13H19BrN2/c1-10-4-3-7-16(10)12-6-5-11(9-15-2)13(14)8-12/h5-6,8,10,15H,3-4,7,9H2,1-2H3. The van der Waals surface area contributed by atoms with Gasteiger partial charge in [-0.05, 0) is 44.5 Å². The Morgan fingerprint density at radius 2 is 2.31 bits per heavy atom. The molecule has 1 aromatic rings. The fraction of sp³-hybridized carbons (Fsp3) is 0.538. The molecule has 1 atom stereocenters. The Bertz CT molecular complexity index is 365. The van der Waals surface area contributed by atoms with Crippen LogP contribution in [0.4, 0.5) is 5.69 Å². The minimum absolute atomic E-state index is 0.682. The van der Waals surface area contributed by atoms with E-state index in [1.54, 1.807) is 0 Å². The van der Waals surface area contributed by atoms with Crippen LogP contribution in [0.5, 0.6) is 0 Å². The lowest BCUT2D eigenvalue weighted by atomic mass is 10.2. The SMILES string of the molecule is CNCc1ccc(N2CCCC2C)cc1Br. The normalized spacial score (nSPS) is 20.4. The number of hydrogen-bond acceptors (Lipinski definition) is 2. The molecule has 1 heterocycles. The van der Waals surface area contributed by atoms with E-state index in [9.17, 15) is 0 Å². The highest BCUT2D eigenvalue weighted by atomic mass is 79.9. The van der Waals surface area contributed by atoms with Crippen LogP contribution in [0.15, 0.2) is 22.7 Å². The summed E-state index contributed by atoms with van der Waals surface area (Å²) in [5.41, 5.74) is 2.66. The van der Waals surface area contributed by atoms with Gasteiger partial charge in [0.05, 0.1) is 0 Å². The van der Waals surface area contributed by atoms with Crippen LogP contribution < -0.4 is 10.2 Å². The van der Waals surface area contributed by atoms with Crippen molar-refractivity contribution in [1.29, 1.82) is 0 Å². The van der Waals surface area contributed by atoms with Crippen LogP contribution in [0, 0.1) is 0 Å². The molecule has 0 amide bonds. The van der Waals surface area contributed by atoms with Gasteiger partial charge in [0.15, 0.2) is 0 Å². The number of halogens is 1. The van der Waals surface area contributed by atoms with Gasteiger partial charge in [0, 0.05) is 29.3 Å². The highest BCUT2D eigenvalue weighted by Crippen LogP contribution is 2.29. The highest BCUT2D eigenvalue weighted by molar-refractivity contribution is 9.10. The molecule has 16 heavy (non-hydrogen) atoms. The predicted molar refractivity (Wildman–Crippen MR) is 72.9 cm³/mol. The van der Waals surface area contributed by atoms with Gasteiger partial charge in [-0.1, -0.05) is 22.0 Å². The Kier molecular flexibility index (Phi) is 3.87. The number of anilines is 1. The third kappa shape index (κ3) is 2.41. The molecule has 3 heteroatoms. The van der Waals surface area contributed by atoms with Gasteiger partial charge in [-0.3, -0.25) is 0 Å². The summed E-state index contributed by atoms with van der Waals surface area (Å²) in [6.07, 6.45) is 2.63. The zero-order chi connectivity index (χ0) is 11.5. The molecule has 1 fully saturated rings. The molecule has 1 saturated heterocycles. The molecular weight excluding hydrogens is 264 g/mol. The quantitative estimate of drug-likeness (QED) is 0.916. The van der Waals surface area contributed by atoms with E-state index in [0.717, 1.165) is 6.54 Å². The van der Waals surface area contributed by atoms with Gasteiger partial charge in [-0.25, -0.2) is 0 Å². The average molecular weight is 283 g/mol. The van der Waals surface area contributed by atoms with Crippen LogP contribution in [0.25, 0.3) is 0 Å². The first-order valence-electron chi connectivity index (χ1n) is 5.92. The van der Waals surface area contributed by atoms with E-state index < -0.39 is 0 Å². The summed E-state index contributed by atoms with van der Waals surface area (Å²) in [6, 6.07) is 7.37. The molecule has 88 valence electrons. The summed E-state index contributed by atoms with van der Waals surface area (Å²) < 4.78 is 1.21. The summed E-state index contributed by atoms with van der Waals surface area (Å²) in [5, 5.41) is 3.18. The Hall–Kier alpha value is -0.540. The van der Waals surface area contributed by atoms with E-state index in [1.165, 1.54) is 35.1 Å². The zero-order valence-electron chi connectivity index (χ0n) is 9.96. The van der Waals surface area contributed by atoms with Gasteiger partial charge in [-0.2, -0.15) is 0 Å². The first-order chi connectivity index (χ1) is 7.72. The van der Waals surface area contributed by atoms with E-state index >= 15 is 0 Å². The summed E-state index contributed by atoms with van der Waals surface area (Å²) in [5.74, 6) is 0. The first-order valence-corrected chi connectivity index (χ1v) is 6.71. The largest absolute Gasteiger partial charge is 0.369 e. The van der Waals surface area contributed by atoms with Crippen molar-refractivity contribution in [2.24, 2.45) is 0 Å². The van der Waals surface area contributed by atoms with Gasteiger partial charge in [-0.15, -0.1) is 0 Å². The predicted octanol–water partition coefficient (Wildman–Crippen LogP) is 3.16. The van der Waals surface area contributed by atoms with Crippen molar-refractivity contribution in [2.75, 3.05) is 18.5 Å². The maximum absolute atomic E-state index is 3.65. The summed E-state index contributed by atoms with van der Waals surface area (Å²) in [6.45, 7) is 4.41. The maximum Gasteiger partial charge on any atom is 0.0380 e. The van der Waals surface area contributed by atoms with Crippen molar-refractivity contribution in [1.82, 2.24) is 5.32 Å². The average Bonchev–Trinajstić information content (AvgIpc) is 2.68. The summed E-state index contributed by atoms with van der Waals surface area (Å²) in [7, 11) is 1.98. The zero-order valence-corrected chi connectivity index (χ0v) is 11.5. The lowest BCUT2D eigenvalue weighted by molar-refractivity contribution is 0.734. The molecule has 1 aromatic carbocycles. The molecule has 1 aliphatic rings. The maximum atomic E-state index is 3.65. The molecule has 1 unspecified atom stereocenters. The third-order valence-corrected chi connectivity index (χ3v) is 4.03. The van der Waals surface area contributed by atoms with Gasteiger partial charge < -0.3 is 10.2 Å². The Balaban J connectivity index is 2.20. The smallest absolute Gasteiger partial charge is 0.0380 e. The van der Waals surface area contributed by atoms with Crippen molar-refractivity contribution in [3.8, 4) is 0 Å². The summed E-state index contributed by atoms with van der Waals surface area (Å²) in [4.78, 5) is 2.49. The summed E-state index contributed by atoms with van der Waals surface area (Å²) >= 11 is 3.65. The van der Waals surface area contributed by atoms with Gasteiger partial charge in [0.25, 0.3) is 0 Å². The Morgan fingerprint density at radius 1 is 1.50 bits per heavy atom. The number of hydrogen-bond donors (Lipinski definition) is 1. The molecule has 2 rings (SSSR count). The fourth-order valence-corrected chi connectivity index (χ4v) is 2.87. The fourth-order valence-electron chi connectivity index (χ4n) is 2.37.